The van der Waals surface area contributed by atoms with Crippen LogP contribution in [-0.2, 0) is 20.9 Å². The Kier molecular flexibility index (Phi) is 6.15. The molecule has 0 bridgehead atoms. The SMILES string of the molecule is NS(=O)(=O)c1ccc(C2=CCOCC2)c(NC(=O)Nc2cccc(C(F)(F)F)c2)c1. The molecular weight excluding hydrogens is 423 g/mol. The number of nitrogens with one attached hydrogen (secondary N) is 2. The van der Waals surface area contributed by atoms with Crippen molar-refractivity contribution < 1.29 is 31.1 Å². The highest BCUT2D eigenvalue weighted by atomic mass is 32.2. The highest BCUT2D eigenvalue weighted by Crippen LogP contribution is 2.32. The predicted molar refractivity (Wildman–Crippen MR) is 105 cm³/mol. The molecule has 0 saturated heterocycles. The second-order valence-electron chi connectivity index (χ2n) is 6.46. The summed E-state index contributed by atoms with van der Waals surface area (Å²) in [6.07, 6.45) is -2.22. The molecule has 0 spiro atoms. The van der Waals surface area contributed by atoms with Gasteiger partial charge in [-0.15, -0.1) is 0 Å². The molecule has 7 nitrogen and oxygen atoms in total. The maximum absolute atomic E-state index is 12.9. The van der Waals surface area contributed by atoms with Crippen molar-refractivity contribution in [3.8, 4) is 0 Å². The molecule has 0 unspecified atom stereocenters. The van der Waals surface area contributed by atoms with Gasteiger partial charge >= 0.3 is 12.2 Å². The summed E-state index contributed by atoms with van der Waals surface area (Å²) >= 11 is 0. The standard InChI is InChI=1S/C19H18F3N3O4S/c20-19(21,22)13-2-1-3-14(10-13)24-18(26)25-17-11-15(30(23,27)28)4-5-16(17)12-6-8-29-9-7-12/h1-6,10-11H,7-9H2,(H2,23,27,28)(H2,24,25,26). The molecule has 1 aliphatic rings. The Morgan fingerprint density at radius 2 is 1.87 bits per heavy atom. The summed E-state index contributed by atoms with van der Waals surface area (Å²) in [4.78, 5) is 12.2. The third-order valence-corrected chi connectivity index (χ3v) is 5.24. The van der Waals surface area contributed by atoms with E-state index in [0.717, 1.165) is 17.7 Å². The zero-order chi connectivity index (χ0) is 21.9. The number of sulfonamides is 1. The van der Waals surface area contributed by atoms with Crippen LogP contribution in [0.5, 0.6) is 0 Å². The highest BCUT2D eigenvalue weighted by Gasteiger charge is 2.30. The predicted octanol–water partition coefficient (Wildman–Crippen LogP) is 3.80. The Balaban J connectivity index is 1.89. The number of nitrogens with two attached hydrogens (primary N) is 1. The molecule has 0 aliphatic carbocycles. The van der Waals surface area contributed by atoms with Crippen LogP contribution >= 0.6 is 0 Å². The fourth-order valence-corrected chi connectivity index (χ4v) is 3.45. The van der Waals surface area contributed by atoms with E-state index in [4.69, 9.17) is 9.88 Å². The van der Waals surface area contributed by atoms with E-state index in [1.807, 2.05) is 0 Å². The van der Waals surface area contributed by atoms with E-state index < -0.39 is 27.8 Å². The normalized spacial score (nSPS) is 14.7. The molecule has 11 heteroatoms. The number of halogens is 3. The van der Waals surface area contributed by atoms with Gasteiger partial charge in [0.2, 0.25) is 10.0 Å². The first kappa shape index (κ1) is 21.8. The number of ether oxygens (including phenoxy) is 1. The van der Waals surface area contributed by atoms with Crippen molar-refractivity contribution in [3.63, 3.8) is 0 Å². The van der Waals surface area contributed by atoms with Crippen molar-refractivity contribution in [2.75, 3.05) is 23.8 Å². The fraction of sp³-hybridized carbons (Fsp3) is 0.211. The minimum Gasteiger partial charge on any atom is -0.377 e. The zero-order valence-corrected chi connectivity index (χ0v) is 16.3. The lowest BCUT2D eigenvalue weighted by Crippen LogP contribution is -2.21. The molecule has 1 heterocycles. The van der Waals surface area contributed by atoms with Gasteiger partial charge in [-0.05, 0) is 42.3 Å². The number of alkyl halides is 3. The average Bonchev–Trinajstić information content (AvgIpc) is 2.67. The molecule has 2 aromatic rings. The number of amides is 2. The van der Waals surface area contributed by atoms with Crippen molar-refractivity contribution in [2.45, 2.75) is 17.5 Å². The van der Waals surface area contributed by atoms with Gasteiger partial charge in [-0.1, -0.05) is 18.2 Å². The molecule has 0 radical (unpaired) electrons. The number of urea groups is 1. The van der Waals surface area contributed by atoms with Crippen LogP contribution in [-0.4, -0.2) is 27.7 Å². The Hall–Kier alpha value is -2.89. The summed E-state index contributed by atoms with van der Waals surface area (Å²) < 4.78 is 67.2. The van der Waals surface area contributed by atoms with Crippen LogP contribution in [0, 0.1) is 0 Å². The lowest BCUT2D eigenvalue weighted by molar-refractivity contribution is -0.137. The minimum absolute atomic E-state index is 0.0724. The first-order valence-electron chi connectivity index (χ1n) is 8.73. The van der Waals surface area contributed by atoms with Gasteiger partial charge in [-0.3, -0.25) is 0 Å². The summed E-state index contributed by atoms with van der Waals surface area (Å²) in [5.74, 6) is 0. The average molecular weight is 441 g/mol. The second kappa shape index (κ2) is 8.46. The molecule has 0 fully saturated rings. The lowest BCUT2D eigenvalue weighted by atomic mass is 10.00. The van der Waals surface area contributed by atoms with Gasteiger partial charge in [0.25, 0.3) is 0 Å². The smallest absolute Gasteiger partial charge is 0.377 e. The number of rotatable bonds is 4. The van der Waals surface area contributed by atoms with Crippen LogP contribution in [0.2, 0.25) is 0 Å². The van der Waals surface area contributed by atoms with Gasteiger partial charge < -0.3 is 15.4 Å². The Bertz CT molecular complexity index is 1100. The topological polar surface area (TPSA) is 111 Å². The van der Waals surface area contributed by atoms with E-state index in [9.17, 15) is 26.4 Å². The molecule has 4 N–H and O–H groups in total. The van der Waals surface area contributed by atoms with E-state index in [1.54, 1.807) is 6.08 Å². The summed E-state index contributed by atoms with van der Waals surface area (Å²) in [6.45, 7) is 0.820. The maximum Gasteiger partial charge on any atom is 0.416 e. The van der Waals surface area contributed by atoms with Crippen LogP contribution < -0.4 is 15.8 Å². The Labute approximate surface area is 170 Å². The number of carbonyl (C=O) groups excluding carboxylic acids is 1. The van der Waals surface area contributed by atoms with Crippen molar-refractivity contribution >= 4 is 33.0 Å². The molecule has 0 saturated carbocycles. The van der Waals surface area contributed by atoms with E-state index in [-0.39, 0.29) is 16.3 Å². The molecule has 30 heavy (non-hydrogen) atoms. The third kappa shape index (κ3) is 5.38. The van der Waals surface area contributed by atoms with Crippen molar-refractivity contribution in [3.05, 3.63) is 59.7 Å². The summed E-state index contributed by atoms with van der Waals surface area (Å²) in [5, 5.41) is 9.98. The van der Waals surface area contributed by atoms with Gasteiger partial charge in [-0.2, -0.15) is 13.2 Å². The van der Waals surface area contributed by atoms with Crippen LogP contribution in [0.4, 0.5) is 29.3 Å². The fourth-order valence-electron chi connectivity index (χ4n) is 2.91. The van der Waals surface area contributed by atoms with Gasteiger partial charge in [0.05, 0.1) is 29.4 Å². The number of anilines is 2. The van der Waals surface area contributed by atoms with Crippen LogP contribution in [0.15, 0.2) is 53.4 Å². The van der Waals surface area contributed by atoms with Gasteiger partial charge in [0.1, 0.15) is 0 Å². The first-order valence-corrected chi connectivity index (χ1v) is 10.3. The summed E-state index contributed by atoms with van der Waals surface area (Å²) in [6, 6.07) is 7.34. The van der Waals surface area contributed by atoms with Crippen LogP contribution in [0.3, 0.4) is 0 Å². The zero-order valence-electron chi connectivity index (χ0n) is 15.5. The van der Waals surface area contributed by atoms with E-state index in [1.165, 1.54) is 30.3 Å². The van der Waals surface area contributed by atoms with Crippen LogP contribution in [0.1, 0.15) is 17.5 Å². The third-order valence-electron chi connectivity index (χ3n) is 4.32. The Morgan fingerprint density at radius 3 is 2.50 bits per heavy atom. The number of primary sulfonamides is 1. The number of hydrogen-bond donors (Lipinski definition) is 3. The second-order valence-corrected chi connectivity index (χ2v) is 8.03. The quantitative estimate of drug-likeness (QED) is 0.670. The highest BCUT2D eigenvalue weighted by molar-refractivity contribution is 7.89. The monoisotopic (exact) mass is 441 g/mol. The minimum atomic E-state index is -4.55. The molecular formula is C19H18F3N3O4S. The summed E-state index contributed by atoms with van der Waals surface area (Å²) in [7, 11) is -4.03. The van der Waals surface area contributed by atoms with Gasteiger partial charge in [0, 0.05) is 11.3 Å². The van der Waals surface area contributed by atoms with Crippen molar-refractivity contribution in [1.29, 1.82) is 0 Å². The van der Waals surface area contributed by atoms with Gasteiger partial charge in [0.15, 0.2) is 0 Å². The van der Waals surface area contributed by atoms with E-state index in [2.05, 4.69) is 10.6 Å². The molecule has 160 valence electrons. The molecule has 2 amide bonds. The summed E-state index contributed by atoms with van der Waals surface area (Å²) in [5.41, 5.74) is 0.557. The number of hydrogen-bond acceptors (Lipinski definition) is 4. The van der Waals surface area contributed by atoms with Gasteiger partial charge in [-0.25, -0.2) is 18.4 Å². The maximum atomic E-state index is 12.9. The van der Waals surface area contributed by atoms with Crippen molar-refractivity contribution in [1.82, 2.24) is 0 Å². The molecule has 3 rings (SSSR count). The van der Waals surface area contributed by atoms with Crippen LogP contribution in [0.25, 0.3) is 5.57 Å². The molecule has 1 aliphatic heterocycles. The largest absolute Gasteiger partial charge is 0.416 e. The first-order chi connectivity index (χ1) is 14.0. The number of carbonyl (C=O) groups is 1. The van der Waals surface area contributed by atoms with Crippen molar-refractivity contribution in [2.24, 2.45) is 5.14 Å². The molecule has 0 aromatic heterocycles. The van der Waals surface area contributed by atoms with E-state index >= 15 is 0 Å². The molecule has 0 atom stereocenters. The Morgan fingerprint density at radius 1 is 1.10 bits per heavy atom. The van der Waals surface area contributed by atoms with E-state index in [0.29, 0.717) is 25.2 Å². The lowest BCUT2D eigenvalue weighted by Gasteiger charge is -2.18. The molecule has 2 aromatic carbocycles. The number of benzene rings is 2.